The molecule has 0 bridgehead atoms. The number of Topliss-reactive ketones (excluding diaryl/α,β-unsaturated/α-hetero) is 1. The lowest BCUT2D eigenvalue weighted by molar-refractivity contribution is -0.127. The van der Waals surface area contributed by atoms with Gasteiger partial charge in [0.25, 0.3) is 5.54 Å². The normalized spacial score (nSPS) is 20.5. The van der Waals surface area contributed by atoms with Crippen LogP contribution in [0.5, 0.6) is 0 Å². The van der Waals surface area contributed by atoms with Crippen LogP contribution in [0.4, 0.5) is 0 Å². The van der Waals surface area contributed by atoms with E-state index in [1.807, 2.05) is 20.8 Å². The lowest BCUT2D eigenvalue weighted by atomic mass is 9.85. The fraction of sp³-hybridized carbons (Fsp3) is 0.778. The van der Waals surface area contributed by atoms with Gasteiger partial charge in [-0.15, -0.1) is 0 Å². The first-order valence-corrected chi connectivity index (χ1v) is 3.86. The first-order chi connectivity index (χ1) is 4.92. The molecule has 0 aromatic carbocycles. The average Bonchev–Trinajstić information content (AvgIpc) is 2.64. The van der Waals surface area contributed by atoms with E-state index in [4.69, 9.17) is 6.57 Å². The minimum absolute atomic E-state index is 0.111. The highest BCUT2D eigenvalue weighted by Crippen LogP contribution is 2.45. The van der Waals surface area contributed by atoms with Crippen LogP contribution in [0.1, 0.15) is 33.6 Å². The van der Waals surface area contributed by atoms with E-state index in [2.05, 4.69) is 4.85 Å². The molecule has 2 heteroatoms. The van der Waals surface area contributed by atoms with Crippen LogP contribution in [0.3, 0.4) is 0 Å². The molecule has 0 aliphatic heterocycles. The van der Waals surface area contributed by atoms with Crippen molar-refractivity contribution in [3.05, 3.63) is 11.4 Å². The lowest BCUT2D eigenvalue weighted by Crippen LogP contribution is -2.31. The van der Waals surface area contributed by atoms with E-state index in [1.54, 1.807) is 0 Å². The van der Waals surface area contributed by atoms with Gasteiger partial charge in [0.15, 0.2) is 0 Å². The van der Waals surface area contributed by atoms with Crippen LogP contribution in [0.15, 0.2) is 0 Å². The molecule has 0 aromatic heterocycles. The number of hydrogen-bond donors (Lipinski definition) is 0. The molecule has 0 amide bonds. The molecule has 0 atom stereocenters. The number of rotatable bonds is 1. The Kier molecular flexibility index (Phi) is 1.56. The van der Waals surface area contributed by atoms with Crippen LogP contribution in [0.25, 0.3) is 4.85 Å². The number of hydrogen-bond acceptors (Lipinski definition) is 1. The van der Waals surface area contributed by atoms with Crippen LogP contribution < -0.4 is 0 Å². The Morgan fingerprint density at radius 2 is 1.91 bits per heavy atom. The Bertz CT molecular complexity index is 225. The zero-order valence-corrected chi connectivity index (χ0v) is 7.27. The fourth-order valence-corrected chi connectivity index (χ4v) is 1.21. The summed E-state index contributed by atoms with van der Waals surface area (Å²) in [4.78, 5) is 15.0. The van der Waals surface area contributed by atoms with E-state index in [1.165, 1.54) is 0 Å². The molecule has 0 heterocycles. The maximum absolute atomic E-state index is 11.6. The highest BCUT2D eigenvalue weighted by atomic mass is 16.1. The van der Waals surface area contributed by atoms with Crippen LogP contribution in [0.2, 0.25) is 0 Å². The largest absolute Gasteiger partial charge is 0.302 e. The van der Waals surface area contributed by atoms with Crippen LogP contribution >= 0.6 is 0 Å². The van der Waals surface area contributed by atoms with Gasteiger partial charge in [-0.05, 0) is 0 Å². The summed E-state index contributed by atoms with van der Waals surface area (Å²) in [6.45, 7) is 12.5. The van der Waals surface area contributed by atoms with Crippen molar-refractivity contribution in [1.29, 1.82) is 0 Å². The maximum Gasteiger partial charge on any atom is 0.290 e. The number of nitrogens with zero attached hydrogens (tertiary/aromatic N) is 1. The molecule has 2 nitrogen and oxygen atoms in total. The van der Waals surface area contributed by atoms with Gasteiger partial charge >= 0.3 is 0 Å². The number of ketones is 1. The molecular weight excluding hydrogens is 138 g/mol. The van der Waals surface area contributed by atoms with Crippen molar-refractivity contribution < 1.29 is 4.79 Å². The van der Waals surface area contributed by atoms with E-state index in [9.17, 15) is 4.79 Å². The summed E-state index contributed by atoms with van der Waals surface area (Å²) < 4.78 is 0. The molecule has 0 saturated heterocycles. The Hall–Kier alpha value is -0.840. The molecule has 0 spiro atoms. The molecule has 60 valence electrons. The highest BCUT2D eigenvalue weighted by Gasteiger charge is 2.60. The standard InChI is InChI=1S/C9H13NO/c1-8(2,3)7(11)9(10-4)5-6-9/h5-6H2,1-3H3. The van der Waals surface area contributed by atoms with Crippen molar-refractivity contribution in [2.45, 2.75) is 39.2 Å². The van der Waals surface area contributed by atoms with Gasteiger partial charge in [-0.2, -0.15) is 0 Å². The first-order valence-electron chi connectivity index (χ1n) is 3.86. The summed E-state index contributed by atoms with van der Waals surface area (Å²) in [6.07, 6.45) is 1.54. The predicted octanol–water partition coefficient (Wildman–Crippen LogP) is 2.05. The molecule has 1 saturated carbocycles. The summed E-state index contributed by atoms with van der Waals surface area (Å²) in [7, 11) is 0. The Labute approximate surface area is 67.4 Å². The topological polar surface area (TPSA) is 21.4 Å². The Balaban J connectivity index is 2.79. The summed E-state index contributed by atoms with van der Waals surface area (Å²) in [6, 6.07) is 0. The van der Waals surface area contributed by atoms with Crippen molar-refractivity contribution in [2.24, 2.45) is 5.41 Å². The van der Waals surface area contributed by atoms with Crippen LogP contribution in [-0.4, -0.2) is 11.3 Å². The highest BCUT2D eigenvalue weighted by molar-refractivity contribution is 5.97. The summed E-state index contributed by atoms with van der Waals surface area (Å²) in [5.41, 5.74) is -0.959. The van der Waals surface area contributed by atoms with Gasteiger partial charge in [-0.3, -0.25) is 4.79 Å². The summed E-state index contributed by atoms with van der Waals surface area (Å²) in [5, 5.41) is 0. The zero-order chi connectivity index (χ0) is 8.70. The minimum Gasteiger partial charge on any atom is -0.302 e. The summed E-state index contributed by atoms with van der Waals surface area (Å²) in [5.74, 6) is 0.111. The number of carbonyl (C=O) groups excluding carboxylic acids is 1. The maximum atomic E-state index is 11.6. The van der Waals surface area contributed by atoms with Gasteiger partial charge in [0, 0.05) is 18.3 Å². The van der Waals surface area contributed by atoms with Gasteiger partial charge < -0.3 is 4.85 Å². The Morgan fingerprint density at radius 1 is 1.45 bits per heavy atom. The van der Waals surface area contributed by atoms with Crippen molar-refractivity contribution in [1.82, 2.24) is 0 Å². The molecular formula is C9H13NO. The van der Waals surface area contributed by atoms with Crippen molar-refractivity contribution in [3.63, 3.8) is 0 Å². The fourth-order valence-electron chi connectivity index (χ4n) is 1.21. The third-order valence-corrected chi connectivity index (χ3v) is 2.04. The molecule has 1 aliphatic carbocycles. The minimum atomic E-state index is -0.613. The smallest absolute Gasteiger partial charge is 0.290 e. The third-order valence-electron chi connectivity index (χ3n) is 2.04. The molecule has 11 heavy (non-hydrogen) atoms. The third kappa shape index (κ3) is 1.28. The molecule has 0 radical (unpaired) electrons. The molecule has 1 fully saturated rings. The quantitative estimate of drug-likeness (QED) is 0.525. The monoisotopic (exact) mass is 151 g/mol. The second-order valence-corrected chi connectivity index (χ2v) is 4.22. The molecule has 0 aromatic rings. The van der Waals surface area contributed by atoms with Gasteiger partial charge in [0.2, 0.25) is 5.78 Å². The second kappa shape index (κ2) is 2.07. The van der Waals surface area contributed by atoms with Crippen LogP contribution in [-0.2, 0) is 4.79 Å². The lowest BCUT2D eigenvalue weighted by Gasteiger charge is -2.16. The predicted molar refractivity (Wildman–Crippen MR) is 43.0 cm³/mol. The van der Waals surface area contributed by atoms with Gasteiger partial charge in [-0.1, -0.05) is 20.8 Å². The SMILES string of the molecule is [C-]#[N+]C1(C(=O)C(C)(C)C)CC1. The molecule has 0 N–H and O–H groups in total. The average molecular weight is 151 g/mol. The summed E-state index contributed by atoms with van der Waals surface area (Å²) >= 11 is 0. The zero-order valence-electron chi connectivity index (χ0n) is 7.27. The van der Waals surface area contributed by atoms with E-state index >= 15 is 0 Å². The number of carbonyl (C=O) groups is 1. The van der Waals surface area contributed by atoms with Gasteiger partial charge in [-0.25, -0.2) is 6.57 Å². The molecule has 1 aliphatic rings. The van der Waals surface area contributed by atoms with Gasteiger partial charge in [0.05, 0.1) is 0 Å². The Morgan fingerprint density at radius 3 is 2.00 bits per heavy atom. The van der Waals surface area contributed by atoms with Crippen LogP contribution in [0, 0.1) is 12.0 Å². The van der Waals surface area contributed by atoms with Crippen molar-refractivity contribution in [2.75, 3.05) is 0 Å². The first kappa shape index (κ1) is 8.26. The molecule has 0 unspecified atom stereocenters. The molecule has 1 rings (SSSR count). The van der Waals surface area contributed by atoms with E-state index in [0.29, 0.717) is 0 Å². The van der Waals surface area contributed by atoms with E-state index in [0.717, 1.165) is 12.8 Å². The van der Waals surface area contributed by atoms with E-state index in [-0.39, 0.29) is 11.2 Å². The van der Waals surface area contributed by atoms with Crippen molar-refractivity contribution in [3.8, 4) is 0 Å². The van der Waals surface area contributed by atoms with Gasteiger partial charge in [0.1, 0.15) is 0 Å². The van der Waals surface area contributed by atoms with Crippen molar-refractivity contribution >= 4 is 5.78 Å². The van der Waals surface area contributed by atoms with E-state index < -0.39 is 5.54 Å². The second-order valence-electron chi connectivity index (χ2n) is 4.22.